The fourth-order valence-corrected chi connectivity index (χ4v) is 1.49. The van der Waals surface area contributed by atoms with Crippen LogP contribution in [0.4, 0.5) is 0 Å². The molecule has 0 aromatic carbocycles. The summed E-state index contributed by atoms with van der Waals surface area (Å²) in [6.07, 6.45) is 1.80. The third-order valence-electron chi connectivity index (χ3n) is 2.30. The van der Waals surface area contributed by atoms with Gasteiger partial charge >= 0.3 is 0 Å². The first-order valence-electron chi connectivity index (χ1n) is 5.00. The first-order chi connectivity index (χ1) is 7.29. The first-order valence-corrected chi connectivity index (χ1v) is 5.00. The van der Waals surface area contributed by atoms with Crippen molar-refractivity contribution in [3.8, 4) is 0 Å². The Bertz CT molecular complexity index is 430. The molecule has 80 valence electrons. The Kier molecular flexibility index (Phi) is 2.87. The average molecular weight is 205 g/mol. The van der Waals surface area contributed by atoms with Gasteiger partial charge in [-0.15, -0.1) is 0 Å². The quantitative estimate of drug-likeness (QED) is 0.823. The Labute approximate surface area is 88.9 Å². The highest BCUT2D eigenvalue weighted by atomic mass is 16.3. The van der Waals surface area contributed by atoms with E-state index in [4.69, 9.17) is 4.42 Å². The second-order valence-electron chi connectivity index (χ2n) is 3.53. The Morgan fingerprint density at radius 1 is 1.33 bits per heavy atom. The van der Waals surface area contributed by atoms with Crippen molar-refractivity contribution >= 4 is 0 Å². The molecule has 0 spiro atoms. The van der Waals surface area contributed by atoms with Crippen LogP contribution in [0.5, 0.6) is 0 Å². The van der Waals surface area contributed by atoms with Gasteiger partial charge in [-0.3, -0.25) is 4.68 Å². The number of rotatable bonds is 4. The summed E-state index contributed by atoms with van der Waals surface area (Å²) in [7, 11) is 1.90. The molecule has 1 N–H and O–H groups in total. The van der Waals surface area contributed by atoms with E-state index in [0.717, 1.165) is 23.8 Å². The fourth-order valence-electron chi connectivity index (χ4n) is 1.49. The molecule has 0 aliphatic heterocycles. The predicted molar refractivity (Wildman–Crippen MR) is 57.5 cm³/mol. The molecule has 0 saturated carbocycles. The topological polar surface area (TPSA) is 43.0 Å². The van der Waals surface area contributed by atoms with E-state index in [-0.39, 0.29) is 0 Å². The maximum atomic E-state index is 5.63. The molecular weight excluding hydrogens is 190 g/mol. The van der Waals surface area contributed by atoms with Crippen LogP contribution < -0.4 is 5.32 Å². The molecule has 0 bridgehead atoms. The van der Waals surface area contributed by atoms with Gasteiger partial charge in [0.2, 0.25) is 0 Å². The highest BCUT2D eigenvalue weighted by Crippen LogP contribution is 2.10. The monoisotopic (exact) mass is 205 g/mol. The minimum atomic E-state index is 0.697. The molecule has 4 nitrogen and oxygen atoms in total. The van der Waals surface area contributed by atoms with E-state index in [1.165, 1.54) is 0 Å². The molecule has 15 heavy (non-hydrogen) atoms. The van der Waals surface area contributed by atoms with Crippen molar-refractivity contribution in [2.24, 2.45) is 0 Å². The van der Waals surface area contributed by atoms with Crippen LogP contribution in [-0.2, 0) is 13.1 Å². The summed E-state index contributed by atoms with van der Waals surface area (Å²) in [5, 5.41) is 7.26. The summed E-state index contributed by atoms with van der Waals surface area (Å²) in [6, 6.07) is 5.97. The normalized spacial score (nSPS) is 10.8. The summed E-state index contributed by atoms with van der Waals surface area (Å²) < 4.78 is 7.55. The zero-order valence-electron chi connectivity index (χ0n) is 9.03. The molecule has 2 rings (SSSR count). The predicted octanol–water partition coefficient (Wildman–Crippen LogP) is 1.55. The molecule has 2 aromatic rings. The van der Waals surface area contributed by atoms with Crippen LogP contribution in [-0.4, -0.2) is 16.8 Å². The number of hydrogen-bond acceptors (Lipinski definition) is 3. The van der Waals surface area contributed by atoms with Crippen molar-refractivity contribution < 1.29 is 4.42 Å². The van der Waals surface area contributed by atoms with Crippen molar-refractivity contribution in [1.82, 2.24) is 15.1 Å². The van der Waals surface area contributed by atoms with E-state index >= 15 is 0 Å². The molecule has 0 aliphatic carbocycles. The molecule has 2 heterocycles. The molecule has 0 fully saturated rings. The van der Waals surface area contributed by atoms with Crippen LogP contribution in [0.15, 0.2) is 28.8 Å². The van der Waals surface area contributed by atoms with Gasteiger partial charge < -0.3 is 9.73 Å². The second kappa shape index (κ2) is 4.31. The van der Waals surface area contributed by atoms with Gasteiger partial charge in [0.05, 0.1) is 13.1 Å². The van der Waals surface area contributed by atoms with Gasteiger partial charge in [0.15, 0.2) is 0 Å². The number of nitrogens with zero attached hydrogens (tertiary/aromatic N) is 2. The molecule has 0 saturated heterocycles. The summed E-state index contributed by atoms with van der Waals surface area (Å²) in [5.41, 5.74) is 1.14. The standard InChI is InChI=1S/C11H15N3O/c1-9-5-6-13-14(9)8-11-4-3-10(15-11)7-12-2/h3-6,12H,7-8H2,1-2H3. The van der Waals surface area contributed by atoms with Crippen molar-refractivity contribution in [2.75, 3.05) is 7.05 Å². The minimum absolute atomic E-state index is 0.697. The molecule has 4 heteroatoms. The van der Waals surface area contributed by atoms with Crippen LogP contribution >= 0.6 is 0 Å². The molecule has 0 unspecified atom stereocenters. The number of furan rings is 1. The van der Waals surface area contributed by atoms with Crippen molar-refractivity contribution in [1.29, 1.82) is 0 Å². The zero-order valence-corrected chi connectivity index (χ0v) is 9.03. The van der Waals surface area contributed by atoms with Gasteiger partial charge in [0.25, 0.3) is 0 Å². The Balaban J connectivity index is 2.08. The van der Waals surface area contributed by atoms with Gasteiger partial charge in [-0.1, -0.05) is 0 Å². The maximum Gasteiger partial charge on any atom is 0.125 e. The van der Waals surface area contributed by atoms with Crippen LogP contribution in [0.1, 0.15) is 17.2 Å². The van der Waals surface area contributed by atoms with E-state index in [9.17, 15) is 0 Å². The fraction of sp³-hybridized carbons (Fsp3) is 0.364. The van der Waals surface area contributed by atoms with Crippen molar-refractivity contribution in [3.63, 3.8) is 0 Å². The largest absolute Gasteiger partial charge is 0.463 e. The van der Waals surface area contributed by atoms with E-state index in [2.05, 4.69) is 10.4 Å². The Morgan fingerprint density at radius 3 is 2.80 bits per heavy atom. The van der Waals surface area contributed by atoms with Gasteiger partial charge in [-0.25, -0.2) is 0 Å². The zero-order chi connectivity index (χ0) is 10.7. The minimum Gasteiger partial charge on any atom is -0.463 e. The summed E-state index contributed by atoms with van der Waals surface area (Å²) in [6.45, 7) is 3.49. The lowest BCUT2D eigenvalue weighted by molar-refractivity contribution is 0.434. The van der Waals surface area contributed by atoms with Crippen molar-refractivity contribution in [2.45, 2.75) is 20.0 Å². The van der Waals surface area contributed by atoms with E-state index in [1.807, 2.05) is 36.9 Å². The van der Waals surface area contributed by atoms with Crippen LogP contribution in [0.25, 0.3) is 0 Å². The Morgan fingerprint density at radius 2 is 2.13 bits per heavy atom. The number of aryl methyl sites for hydroxylation is 1. The molecular formula is C11H15N3O. The van der Waals surface area contributed by atoms with Gasteiger partial charge in [-0.2, -0.15) is 5.10 Å². The lowest BCUT2D eigenvalue weighted by atomic mass is 10.4. The van der Waals surface area contributed by atoms with Gasteiger partial charge in [-0.05, 0) is 32.2 Å². The highest BCUT2D eigenvalue weighted by molar-refractivity contribution is 5.08. The van der Waals surface area contributed by atoms with Crippen LogP contribution in [0.2, 0.25) is 0 Å². The lowest BCUT2D eigenvalue weighted by Crippen LogP contribution is -2.04. The maximum absolute atomic E-state index is 5.63. The van der Waals surface area contributed by atoms with Crippen molar-refractivity contribution in [3.05, 3.63) is 41.6 Å². The molecule has 2 aromatic heterocycles. The SMILES string of the molecule is CNCc1ccc(Cn2nccc2C)o1. The number of hydrogen-bond donors (Lipinski definition) is 1. The summed E-state index contributed by atoms with van der Waals surface area (Å²) in [5.74, 6) is 1.89. The molecule has 0 radical (unpaired) electrons. The molecule has 0 aliphatic rings. The van der Waals surface area contributed by atoms with E-state index in [1.54, 1.807) is 6.20 Å². The molecule has 0 atom stereocenters. The first kappa shape index (κ1) is 9.98. The molecule has 0 amide bonds. The van der Waals surface area contributed by atoms with Crippen LogP contribution in [0.3, 0.4) is 0 Å². The van der Waals surface area contributed by atoms with E-state index < -0.39 is 0 Å². The third kappa shape index (κ3) is 2.27. The third-order valence-corrected chi connectivity index (χ3v) is 2.30. The number of aromatic nitrogens is 2. The van der Waals surface area contributed by atoms with Gasteiger partial charge in [0, 0.05) is 11.9 Å². The smallest absolute Gasteiger partial charge is 0.125 e. The van der Waals surface area contributed by atoms with Gasteiger partial charge in [0.1, 0.15) is 11.5 Å². The van der Waals surface area contributed by atoms with Crippen LogP contribution in [0, 0.1) is 6.92 Å². The van der Waals surface area contributed by atoms with E-state index in [0.29, 0.717) is 6.54 Å². The summed E-state index contributed by atoms with van der Waals surface area (Å²) in [4.78, 5) is 0. The number of nitrogens with one attached hydrogen (secondary N) is 1. The Hall–Kier alpha value is -1.55. The highest BCUT2D eigenvalue weighted by Gasteiger charge is 2.03. The second-order valence-corrected chi connectivity index (χ2v) is 3.53. The average Bonchev–Trinajstić information content (AvgIpc) is 2.79. The lowest BCUT2D eigenvalue weighted by Gasteiger charge is -2.01. The summed E-state index contributed by atoms with van der Waals surface area (Å²) >= 11 is 0.